The zero-order valence-corrected chi connectivity index (χ0v) is 13.0. The van der Waals surface area contributed by atoms with Crippen molar-refractivity contribution in [1.29, 1.82) is 0 Å². The largest absolute Gasteiger partial charge is 0.389 e. The summed E-state index contributed by atoms with van der Waals surface area (Å²) in [6, 6.07) is 0. The molecule has 2 N–H and O–H groups in total. The van der Waals surface area contributed by atoms with E-state index in [9.17, 15) is 5.11 Å². The molecule has 1 unspecified atom stereocenters. The van der Waals surface area contributed by atoms with Gasteiger partial charge in [0.25, 0.3) is 0 Å². The van der Waals surface area contributed by atoms with Crippen LogP contribution >= 0.6 is 11.3 Å². The number of thiazole rings is 1. The Morgan fingerprint density at radius 1 is 1.48 bits per heavy atom. The Labute approximate surface area is 127 Å². The molecule has 116 valence electrons. The molecule has 0 spiro atoms. The molecule has 0 aliphatic rings. The van der Waals surface area contributed by atoms with E-state index in [1.165, 1.54) is 4.88 Å². The van der Waals surface area contributed by atoms with E-state index in [2.05, 4.69) is 20.4 Å². The van der Waals surface area contributed by atoms with E-state index in [-0.39, 0.29) is 0 Å². The predicted molar refractivity (Wildman–Crippen MR) is 78.1 cm³/mol. The second kappa shape index (κ2) is 8.18. The van der Waals surface area contributed by atoms with Gasteiger partial charge in [-0.1, -0.05) is 5.16 Å². The fourth-order valence-corrected chi connectivity index (χ4v) is 2.53. The van der Waals surface area contributed by atoms with Crippen LogP contribution in [0.25, 0.3) is 0 Å². The first-order valence-corrected chi connectivity index (χ1v) is 7.68. The zero-order valence-electron chi connectivity index (χ0n) is 12.2. The minimum Gasteiger partial charge on any atom is -0.389 e. The van der Waals surface area contributed by atoms with E-state index in [1.807, 2.05) is 12.4 Å². The van der Waals surface area contributed by atoms with Crippen molar-refractivity contribution in [1.82, 2.24) is 20.4 Å². The first-order valence-electron chi connectivity index (χ1n) is 6.80. The molecular weight excluding hydrogens is 292 g/mol. The lowest BCUT2D eigenvalue weighted by Crippen LogP contribution is -2.30. The van der Waals surface area contributed by atoms with Gasteiger partial charge in [0.1, 0.15) is 0 Å². The van der Waals surface area contributed by atoms with E-state index in [0.29, 0.717) is 38.0 Å². The maximum Gasteiger partial charge on any atom is 0.240 e. The minimum absolute atomic E-state index is 0.299. The number of aryl methyl sites for hydroxylation is 2. The molecule has 8 heteroatoms. The van der Waals surface area contributed by atoms with Crippen LogP contribution in [0, 0.1) is 13.8 Å². The highest BCUT2D eigenvalue weighted by Crippen LogP contribution is 2.12. The van der Waals surface area contributed by atoms with Crippen LogP contribution in [0.2, 0.25) is 0 Å². The Balaban J connectivity index is 1.53. The highest BCUT2D eigenvalue weighted by molar-refractivity contribution is 7.09. The van der Waals surface area contributed by atoms with E-state index in [1.54, 1.807) is 18.3 Å². The molecule has 0 radical (unpaired) electrons. The summed E-state index contributed by atoms with van der Waals surface area (Å²) in [5.41, 5.74) is 2.89. The van der Waals surface area contributed by atoms with Crippen molar-refractivity contribution in [3.05, 3.63) is 27.8 Å². The molecule has 0 saturated heterocycles. The Kier molecular flexibility index (Phi) is 6.24. The minimum atomic E-state index is -0.559. The molecule has 0 amide bonds. The van der Waals surface area contributed by atoms with Crippen LogP contribution < -0.4 is 5.32 Å². The second-order valence-corrected chi connectivity index (χ2v) is 5.65. The fourth-order valence-electron chi connectivity index (χ4n) is 1.77. The Morgan fingerprint density at radius 3 is 3.00 bits per heavy atom. The molecule has 2 aromatic heterocycles. The Hall–Kier alpha value is -1.35. The predicted octanol–water partition coefficient (Wildman–Crippen LogP) is 0.853. The average molecular weight is 312 g/mol. The van der Waals surface area contributed by atoms with Gasteiger partial charge in [-0.25, -0.2) is 4.98 Å². The number of aliphatic hydroxyl groups is 1. The second-order valence-electron chi connectivity index (χ2n) is 4.71. The van der Waals surface area contributed by atoms with Crippen LogP contribution in [-0.2, 0) is 17.7 Å². The van der Waals surface area contributed by atoms with Gasteiger partial charge in [-0.15, -0.1) is 11.3 Å². The molecule has 0 bridgehead atoms. The van der Waals surface area contributed by atoms with Crippen LogP contribution in [0.1, 0.15) is 22.3 Å². The van der Waals surface area contributed by atoms with E-state index < -0.39 is 6.10 Å². The van der Waals surface area contributed by atoms with E-state index >= 15 is 0 Å². The summed E-state index contributed by atoms with van der Waals surface area (Å²) in [5.74, 6) is 1.12. The normalized spacial score (nSPS) is 12.7. The van der Waals surface area contributed by atoms with Gasteiger partial charge in [0.15, 0.2) is 5.82 Å². The maximum atomic E-state index is 9.78. The topological polar surface area (TPSA) is 93.3 Å². The van der Waals surface area contributed by atoms with Crippen molar-refractivity contribution >= 4 is 11.3 Å². The third kappa shape index (κ3) is 5.50. The van der Waals surface area contributed by atoms with Gasteiger partial charge >= 0.3 is 0 Å². The highest BCUT2D eigenvalue weighted by atomic mass is 32.1. The summed E-state index contributed by atoms with van der Waals surface area (Å²) in [4.78, 5) is 9.48. The van der Waals surface area contributed by atoms with Crippen LogP contribution in [0.15, 0.2) is 10.0 Å². The smallest absolute Gasteiger partial charge is 0.240 e. The van der Waals surface area contributed by atoms with Crippen LogP contribution in [0.4, 0.5) is 0 Å². The van der Waals surface area contributed by atoms with Crippen molar-refractivity contribution < 1.29 is 14.4 Å². The molecule has 0 fully saturated rings. The van der Waals surface area contributed by atoms with Gasteiger partial charge in [0.05, 0.1) is 37.1 Å². The monoisotopic (exact) mass is 312 g/mol. The number of hydrogen-bond donors (Lipinski definition) is 2. The molecule has 2 aromatic rings. The van der Waals surface area contributed by atoms with Crippen molar-refractivity contribution in [2.75, 3.05) is 19.8 Å². The standard InChI is InChI=1S/C13H20N4O3S/c1-9-12(21-8-15-9)3-4-19-7-11(18)5-14-6-13-16-10(2)17-20-13/h8,11,14,18H,3-7H2,1-2H3. The summed E-state index contributed by atoms with van der Waals surface area (Å²) in [5, 5.41) is 16.5. The summed E-state index contributed by atoms with van der Waals surface area (Å²) in [6.45, 7) is 5.50. The van der Waals surface area contributed by atoms with E-state index in [0.717, 1.165) is 12.1 Å². The number of ether oxygens (including phenoxy) is 1. The molecule has 21 heavy (non-hydrogen) atoms. The van der Waals surface area contributed by atoms with Crippen molar-refractivity contribution in [2.24, 2.45) is 0 Å². The van der Waals surface area contributed by atoms with Crippen LogP contribution in [0.5, 0.6) is 0 Å². The third-order valence-electron chi connectivity index (χ3n) is 2.85. The quantitative estimate of drug-likeness (QED) is 0.663. The molecule has 1 atom stereocenters. The number of rotatable bonds is 9. The van der Waals surface area contributed by atoms with Crippen LogP contribution in [0.3, 0.4) is 0 Å². The molecule has 2 heterocycles. The zero-order chi connectivity index (χ0) is 15.1. The summed E-state index contributed by atoms with van der Waals surface area (Å²) >= 11 is 1.63. The van der Waals surface area contributed by atoms with Gasteiger partial charge in [-0.05, 0) is 13.8 Å². The number of nitrogens with one attached hydrogen (secondary N) is 1. The lowest BCUT2D eigenvalue weighted by molar-refractivity contribution is 0.0380. The summed E-state index contributed by atoms with van der Waals surface area (Å²) in [7, 11) is 0. The van der Waals surface area contributed by atoms with Gasteiger partial charge in [0, 0.05) is 17.8 Å². The summed E-state index contributed by atoms with van der Waals surface area (Å²) < 4.78 is 10.4. The SMILES string of the molecule is Cc1noc(CNCC(O)COCCc2scnc2C)n1. The lowest BCUT2D eigenvalue weighted by Gasteiger charge is -2.11. The highest BCUT2D eigenvalue weighted by Gasteiger charge is 2.07. The average Bonchev–Trinajstić information content (AvgIpc) is 3.04. The molecule has 0 aliphatic carbocycles. The molecule has 0 saturated carbocycles. The van der Waals surface area contributed by atoms with Crippen molar-refractivity contribution in [2.45, 2.75) is 32.9 Å². The Bertz CT molecular complexity index is 543. The number of aliphatic hydroxyl groups excluding tert-OH is 1. The number of hydrogen-bond acceptors (Lipinski definition) is 8. The fraction of sp³-hybridized carbons (Fsp3) is 0.615. The van der Waals surface area contributed by atoms with Gasteiger partial charge in [0.2, 0.25) is 5.89 Å². The molecule has 2 rings (SSSR count). The number of nitrogens with zero attached hydrogens (tertiary/aromatic N) is 3. The van der Waals surface area contributed by atoms with Crippen molar-refractivity contribution in [3.63, 3.8) is 0 Å². The van der Waals surface area contributed by atoms with E-state index in [4.69, 9.17) is 9.26 Å². The van der Waals surface area contributed by atoms with Gasteiger partial charge in [-0.2, -0.15) is 4.98 Å². The van der Waals surface area contributed by atoms with Gasteiger partial charge in [-0.3, -0.25) is 0 Å². The number of aromatic nitrogens is 3. The lowest BCUT2D eigenvalue weighted by atomic mass is 10.3. The molecule has 0 aliphatic heterocycles. The maximum absolute atomic E-state index is 9.78. The summed E-state index contributed by atoms with van der Waals surface area (Å²) in [6.07, 6.45) is 0.273. The van der Waals surface area contributed by atoms with Crippen molar-refractivity contribution in [3.8, 4) is 0 Å². The Morgan fingerprint density at radius 2 is 2.33 bits per heavy atom. The first kappa shape index (κ1) is 16.0. The molecule has 0 aromatic carbocycles. The molecule has 7 nitrogen and oxygen atoms in total. The van der Waals surface area contributed by atoms with Gasteiger partial charge < -0.3 is 19.7 Å². The van der Waals surface area contributed by atoms with Crippen LogP contribution in [-0.4, -0.2) is 46.1 Å². The molecular formula is C13H20N4O3S. The first-order chi connectivity index (χ1) is 10.1. The third-order valence-corrected chi connectivity index (χ3v) is 3.85.